The van der Waals surface area contributed by atoms with Crippen LogP contribution in [0.3, 0.4) is 0 Å². The van der Waals surface area contributed by atoms with E-state index in [-0.39, 0.29) is 5.91 Å². The van der Waals surface area contributed by atoms with Crippen LogP contribution in [0.25, 0.3) is 11.0 Å². The number of nitrogens with zero attached hydrogens (tertiary/aromatic N) is 2. The molecule has 2 aromatic carbocycles. The molecule has 0 aliphatic heterocycles. The molecule has 0 unspecified atom stereocenters. The number of rotatable bonds is 6. The van der Waals surface area contributed by atoms with Crippen LogP contribution in [0.2, 0.25) is 0 Å². The second kappa shape index (κ2) is 7.76. The SMILES string of the molecule is Cc1ccccc1Cn1c(CCNC(=O)c2cccs2)nc2ccccc21. The van der Waals surface area contributed by atoms with Crippen molar-refractivity contribution in [3.05, 3.63) is 87.9 Å². The lowest BCUT2D eigenvalue weighted by Gasteiger charge is -2.12. The fourth-order valence-corrected chi connectivity index (χ4v) is 3.87. The molecule has 0 atom stereocenters. The second-order valence-electron chi connectivity index (χ2n) is 6.51. The molecule has 2 aromatic heterocycles. The topological polar surface area (TPSA) is 46.9 Å². The number of para-hydroxylation sites is 2. The maximum absolute atomic E-state index is 12.2. The number of aromatic nitrogens is 2. The van der Waals surface area contributed by atoms with Gasteiger partial charge in [-0.2, -0.15) is 0 Å². The number of imidazole rings is 1. The molecule has 4 nitrogen and oxygen atoms in total. The fourth-order valence-electron chi connectivity index (χ4n) is 3.23. The number of amides is 1. The minimum Gasteiger partial charge on any atom is -0.351 e. The standard InChI is InChI=1S/C22H21N3OS/c1-16-7-2-3-8-17(16)15-25-19-10-5-4-9-18(19)24-21(25)12-13-23-22(26)20-11-6-14-27-20/h2-11,14H,12-13,15H2,1H3,(H,23,26). The normalized spacial score (nSPS) is 11.0. The second-order valence-corrected chi connectivity index (χ2v) is 7.46. The summed E-state index contributed by atoms with van der Waals surface area (Å²) in [4.78, 5) is 17.7. The van der Waals surface area contributed by atoms with Crippen molar-refractivity contribution in [3.63, 3.8) is 0 Å². The Morgan fingerprint density at radius 2 is 1.89 bits per heavy atom. The average molecular weight is 375 g/mol. The monoisotopic (exact) mass is 375 g/mol. The largest absolute Gasteiger partial charge is 0.351 e. The Morgan fingerprint density at radius 1 is 1.07 bits per heavy atom. The molecule has 4 aromatic rings. The molecule has 0 aliphatic carbocycles. The summed E-state index contributed by atoms with van der Waals surface area (Å²) in [5.74, 6) is 0.970. The third-order valence-electron chi connectivity index (χ3n) is 4.70. The molecule has 0 saturated carbocycles. The number of fused-ring (bicyclic) bond motifs is 1. The van der Waals surface area contributed by atoms with E-state index >= 15 is 0 Å². The predicted octanol–water partition coefficient (Wildman–Crippen LogP) is 4.43. The van der Waals surface area contributed by atoms with Crippen LogP contribution >= 0.6 is 11.3 Å². The van der Waals surface area contributed by atoms with E-state index in [9.17, 15) is 4.79 Å². The average Bonchev–Trinajstić information content (AvgIpc) is 3.32. The van der Waals surface area contributed by atoms with Crippen molar-refractivity contribution >= 4 is 28.3 Å². The van der Waals surface area contributed by atoms with E-state index in [0.29, 0.717) is 13.0 Å². The number of carbonyl (C=O) groups is 1. The zero-order chi connectivity index (χ0) is 18.6. The van der Waals surface area contributed by atoms with Gasteiger partial charge in [-0.1, -0.05) is 42.5 Å². The van der Waals surface area contributed by atoms with Crippen LogP contribution in [-0.2, 0) is 13.0 Å². The zero-order valence-electron chi connectivity index (χ0n) is 15.2. The first-order valence-corrected chi connectivity index (χ1v) is 9.90. The molecule has 2 heterocycles. The minimum absolute atomic E-state index is 0.0217. The summed E-state index contributed by atoms with van der Waals surface area (Å²) in [6.45, 7) is 3.48. The smallest absolute Gasteiger partial charge is 0.261 e. The van der Waals surface area contributed by atoms with Gasteiger partial charge < -0.3 is 9.88 Å². The van der Waals surface area contributed by atoms with Crippen molar-refractivity contribution < 1.29 is 4.79 Å². The maximum atomic E-state index is 12.2. The van der Waals surface area contributed by atoms with Gasteiger partial charge in [-0.15, -0.1) is 11.3 Å². The molecule has 4 rings (SSSR count). The fraction of sp³-hybridized carbons (Fsp3) is 0.182. The first-order valence-electron chi connectivity index (χ1n) is 9.03. The Kier molecular flexibility index (Phi) is 5.03. The molecule has 5 heteroatoms. The zero-order valence-corrected chi connectivity index (χ0v) is 16.0. The van der Waals surface area contributed by atoms with Crippen LogP contribution in [0.1, 0.15) is 26.6 Å². The Hall–Kier alpha value is -2.92. The molecule has 1 amide bonds. The van der Waals surface area contributed by atoms with Gasteiger partial charge in [0.05, 0.1) is 15.9 Å². The van der Waals surface area contributed by atoms with E-state index in [2.05, 4.69) is 47.1 Å². The number of nitrogens with one attached hydrogen (secondary N) is 1. The summed E-state index contributed by atoms with van der Waals surface area (Å²) < 4.78 is 2.26. The predicted molar refractivity (Wildman–Crippen MR) is 110 cm³/mol. The molecule has 0 fully saturated rings. The van der Waals surface area contributed by atoms with Crippen molar-refractivity contribution in [2.75, 3.05) is 6.54 Å². The minimum atomic E-state index is -0.0217. The van der Waals surface area contributed by atoms with E-state index < -0.39 is 0 Å². The third kappa shape index (κ3) is 3.78. The number of carbonyl (C=O) groups excluding carboxylic acids is 1. The summed E-state index contributed by atoms with van der Waals surface area (Å²) in [5, 5.41) is 4.91. The van der Waals surface area contributed by atoms with E-state index in [4.69, 9.17) is 4.98 Å². The van der Waals surface area contributed by atoms with Gasteiger partial charge in [0.1, 0.15) is 5.82 Å². The van der Waals surface area contributed by atoms with Crippen LogP contribution in [0.4, 0.5) is 0 Å². The number of hydrogen-bond acceptors (Lipinski definition) is 3. The van der Waals surface area contributed by atoms with Gasteiger partial charge in [-0.3, -0.25) is 4.79 Å². The van der Waals surface area contributed by atoms with Crippen LogP contribution in [0.15, 0.2) is 66.0 Å². The van der Waals surface area contributed by atoms with Crippen LogP contribution < -0.4 is 5.32 Å². The van der Waals surface area contributed by atoms with Crippen molar-refractivity contribution in [3.8, 4) is 0 Å². The first-order chi connectivity index (χ1) is 13.2. The number of hydrogen-bond donors (Lipinski definition) is 1. The molecule has 0 spiro atoms. The summed E-state index contributed by atoms with van der Waals surface area (Å²) in [7, 11) is 0. The quantitative estimate of drug-likeness (QED) is 0.542. The molecule has 1 N–H and O–H groups in total. The highest BCUT2D eigenvalue weighted by molar-refractivity contribution is 7.12. The summed E-state index contributed by atoms with van der Waals surface area (Å²) in [6.07, 6.45) is 0.692. The summed E-state index contributed by atoms with van der Waals surface area (Å²) in [5.41, 5.74) is 4.67. The van der Waals surface area contributed by atoms with Crippen molar-refractivity contribution in [2.24, 2.45) is 0 Å². The van der Waals surface area contributed by atoms with Gasteiger partial charge in [0.15, 0.2) is 0 Å². The van der Waals surface area contributed by atoms with Gasteiger partial charge in [-0.05, 0) is 41.6 Å². The molecular formula is C22H21N3OS. The van der Waals surface area contributed by atoms with Crippen LogP contribution in [0, 0.1) is 6.92 Å². The molecule has 0 aliphatic rings. The lowest BCUT2D eigenvalue weighted by molar-refractivity contribution is 0.0958. The lowest BCUT2D eigenvalue weighted by Crippen LogP contribution is -2.25. The van der Waals surface area contributed by atoms with Crippen molar-refractivity contribution in [1.29, 1.82) is 0 Å². The van der Waals surface area contributed by atoms with Crippen LogP contribution in [-0.4, -0.2) is 22.0 Å². The van der Waals surface area contributed by atoms with E-state index in [0.717, 1.165) is 28.3 Å². The third-order valence-corrected chi connectivity index (χ3v) is 5.57. The van der Waals surface area contributed by atoms with Crippen LogP contribution in [0.5, 0.6) is 0 Å². The number of aryl methyl sites for hydroxylation is 1. The number of benzene rings is 2. The van der Waals surface area contributed by atoms with Gasteiger partial charge >= 0.3 is 0 Å². The number of thiophene rings is 1. The maximum Gasteiger partial charge on any atom is 0.261 e. The Bertz CT molecular complexity index is 1070. The van der Waals surface area contributed by atoms with Gasteiger partial charge in [0.2, 0.25) is 0 Å². The highest BCUT2D eigenvalue weighted by Gasteiger charge is 2.12. The molecule has 0 radical (unpaired) electrons. The van der Waals surface area contributed by atoms with E-state index in [1.165, 1.54) is 22.5 Å². The Morgan fingerprint density at radius 3 is 2.70 bits per heavy atom. The van der Waals surface area contributed by atoms with Gasteiger partial charge in [0.25, 0.3) is 5.91 Å². The van der Waals surface area contributed by atoms with Crippen molar-refractivity contribution in [1.82, 2.24) is 14.9 Å². The first kappa shape index (κ1) is 17.5. The van der Waals surface area contributed by atoms with Gasteiger partial charge in [0, 0.05) is 19.5 Å². The molecule has 0 bridgehead atoms. The van der Waals surface area contributed by atoms with Gasteiger partial charge in [-0.25, -0.2) is 4.98 Å². The highest BCUT2D eigenvalue weighted by Crippen LogP contribution is 2.19. The molecular weight excluding hydrogens is 354 g/mol. The molecule has 136 valence electrons. The Balaban J connectivity index is 1.56. The summed E-state index contributed by atoms with van der Waals surface area (Å²) in [6, 6.07) is 20.4. The molecule has 27 heavy (non-hydrogen) atoms. The Labute approximate surface area is 162 Å². The molecule has 0 saturated heterocycles. The van der Waals surface area contributed by atoms with E-state index in [1.807, 2.05) is 35.7 Å². The summed E-state index contributed by atoms with van der Waals surface area (Å²) >= 11 is 1.45. The van der Waals surface area contributed by atoms with E-state index in [1.54, 1.807) is 0 Å². The lowest BCUT2D eigenvalue weighted by atomic mass is 10.1. The highest BCUT2D eigenvalue weighted by atomic mass is 32.1. The van der Waals surface area contributed by atoms with Crippen molar-refractivity contribution in [2.45, 2.75) is 19.9 Å².